The average Bonchev–Trinajstić information content (AvgIpc) is 2.73. The third-order valence-electron chi connectivity index (χ3n) is 5.59. The van der Waals surface area contributed by atoms with E-state index in [9.17, 15) is 17.6 Å². The van der Waals surface area contributed by atoms with E-state index in [4.69, 9.17) is 0 Å². The molecule has 0 unspecified atom stereocenters. The third-order valence-corrected chi connectivity index (χ3v) is 5.59. The van der Waals surface area contributed by atoms with Gasteiger partial charge in [0.05, 0.1) is 0 Å². The van der Waals surface area contributed by atoms with E-state index in [-0.39, 0.29) is 0 Å². The third kappa shape index (κ3) is 7.17. The van der Waals surface area contributed by atoms with Crippen molar-refractivity contribution in [2.75, 3.05) is 0 Å². The highest BCUT2D eigenvalue weighted by Crippen LogP contribution is 2.36. The van der Waals surface area contributed by atoms with Crippen LogP contribution < -0.4 is 4.74 Å². The lowest BCUT2D eigenvalue weighted by Gasteiger charge is -2.27. The molecule has 0 amide bonds. The molecule has 1 saturated carbocycles. The van der Waals surface area contributed by atoms with Crippen LogP contribution in [0.5, 0.6) is 5.75 Å². The highest BCUT2D eigenvalue weighted by Gasteiger charge is 2.32. The summed E-state index contributed by atoms with van der Waals surface area (Å²) in [7, 11) is 0. The molecule has 1 aliphatic carbocycles. The highest BCUT2D eigenvalue weighted by atomic mass is 19.4. The van der Waals surface area contributed by atoms with Gasteiger partial charge < -0.3 is 4.74 Å². The van der Waals surface area contributed by atoms with Crippen molar-refractivity contribution >= 4 is 0 Å². The molecule has 0 atom stereocenters. The molecule has 0 N–H and O–H groups in total. The van der Waals surface area contributed by atoms with Gasteiger partial charge in [-0.15, -0.1) is 13.2 Å². The fraction of sp³-hybridized carbons (Fsp3) is 0.385. The molecule has 0 spiro atoms. The zero-order chi connectivity index (χ0) is 22.3. The SMILES string of the molecule is CCCc1ccc([C@H]2CC[C@H](/C=C/C#Cc3ccc(OC(F)(F)F)c(F)c3)CC2)cc1. The summed E-state index contributed by atoms with van der Waals surface area (Å²) in [5, 5.41) is 0. The first-order valence-electron chi connectivity index (χ1n) is 10.7. The number of hydrogen-bond acceptors (Lipinski definition) is 1. The predicted molar refractivity (Wildman–Crippen MR) is 114 cm³/mol. The number of aryl methyl sites for hydroxylation is 1. The zero-order valence-electron chi connectivity index (χ0n) is 17.5. The molecule has 0 bridgehead atoms. The van der Waals surface area contributed by atoms with E-state index in [0.717, 1.165) is 50.7 Å². The Bertz CT molecular complexity index is 940. The first kappa shape index (κ1) is 22.9. The number of allylic oxidation sites excluding steroid dienone is 2. The first-order valence-corrected chi connectivity index (χ1v) is 10.7. The van der Waals surface area contributed by atoms with Crippen molar-refractivity contribution < 1.29 is 22.3 Å². The van der Waals surface area contributed by atoms with E-state index in [0.29, 0.717) is 17.4 Å². The van der Waals surface area contributed by atoms with E-state index in [2.05, 4.69) is 53.8 Å². The van der Waals surface area contributed by atoms with Gasteiger partial charge in [-0.05, 0) is 79.3 Å². The van der Waals surface area contributed by atoms with Crippen LogP contribution in [0.25, 0.3) is 0 Å². The van der Waals surface area contributed by atoms with Crippen LogP contribution in [0.2, 0.25) is 0 Å². The topological polar surface area (TPSA) is 9.23 Å². The maximum atomic E-state index is 13.7. The number of ether oxygens (including phenoxy) is 1. The molecule has 0 heterocycles. The summed E-state index contributed by atoms with van der Waals surface area (Å²) < 4.78 is 53.9. The van der Waals surface area contributed by atoms with Gasteiger partial charge in [-0.1, -0.05) is 55.5 Å². The van der Waals surface area contributed by atoms with E-state index < -0.39 is 17.9 Å². The molecule has 3 rings (SSSR count). The molecular formula is C26H26F4O. The highest BCUT2D eigenvalue weighted by molar-refractivity contribution is 5.41. The average molecular weight is 430 g/mol. The Hall–Kier alpha value is -2.74. The molecule has 2 aromatic carbocycles. The zero-order valence-corrected chi connectivity index (χ0v) is 17.5. The normalized spacial score (nSPS) is 19.1. The number of halogens is 4. The minimum absolute atomic E-state index is 0.298. The van der Waals surface area contributed by atoms with Crippen LogP contribution in [0.1, 0.15) is 61.6 Å². The van der Waals surface area contributed by atoms with Crippen LogP contribution in [0.4, 0.5) is 17.6 Å². The minimum Gasteiger partial charge on any atom is -0.403 e. The number of hydrogen-bond donors (Lipinski definition) is 0. The summed E-state index contributed by atoms with van der Waals surface area (Å²) in [4.78, 5) is 0. The van der Waals surface area contributed by atoms with Crippen molar-refractivity contribution in [3.05, 3.63) is 77.1 Å². The van der Waals surface area contributed by atoms with Crippen LogP contribution in [0.3, 0.4) is 0 Å². The van der Waals surface area contributed by atoms with Gasteiger partial charge in [-0.3, -0.25) is 0 Å². The van der Waals surface area contributed by atoms with Crippen molar-refractivity contribution in [1.82, 2.24) is 0 Å². The molecular weight excluding hydrogens is 404 g/mol. The van der Waals surface area contributed by atoms with Gasteiger partial charge in [0.25, 0.3) is 0 Å². The van der Waals surface area contributed by atoms with Crippen LogP contribution in [0, 0.1) is 23.6 Å². The number of alkyl halides is 3. The van der Waals surface area contributed by atoms with Crippen molar-refractivity contribution in [2.45, 2.75) is 57.7 Å². The van der Waals surface area contributed by atoms with Crippen LogP contribution in [-0.4, -0.2) is 6.36 Å². The quantitative estimate of drug-likeness (QED) is 0.351. The summed E-state index contributed by atoms with van der Waals surface area (Å²) in [6.07, 6.45) is 5.66. The lowest BCUT2D eigenvalue weighted by molar-refractivity contribution is -0.275. The summed E-state index contributed by atoms with van der Waals surface area (Å²) in [5.41, 5.74) is 3.11. The van der Waals surface area contributed by atoms with Gasteiger partial charge in [-0.25, -0.2) is 4.39 Å². The predicted octanol–water partition coefficient (Wildman–Crippen LogP) is 7.56. The van der Waals surface area contributed by atoms with Crippen LogP contribution >= 0.6 is 0 Å². The molecule has 0 saturated heterocycles. The Morgan fingerprint density at radius 2 is 1.74 bits per heavy atom. The molecule has 0 aliphatic heterocycles. The van der Waals surface area contributed by atoms with Crippen molar-refractivity contribution in [3.63, 3.8) is 0 Å². The second-order valence-corrected chi connectivity index (χ2v) is 7.92. The molecule has 1 fully saturated rings. The number of benzene rings is 2. The first-order chi connectivity index (χ1) is 14.8. The molecule has 1 aliphatic rings. The fourth-order valence-corrected chi connectivity index (χ4v) is 3.99. The summed E-state index contributed by atoms with van der Waals surface area (Å²) >= 11 is 0. The largest absolute Gasteiger partial charge is 0.573 e. The van der Waals surface area contributed by atoms with Gasteiger partial charge in [-0.2, -0.15) is 0 Å². The molecule has 164 valence electrons. The Morgan fingerprint density at radius 3 is 2.35 bits per heavy atom. The Kier molecular flexibility index (Phi) is 7.79. The van der Waals surface area contributed by atoms with E-state index >= 15 is 0 Å². The van der Waals surface area contributed by atoms with Crippen molar-refractivity contribution in [3.8, 4) is 17.6 Å². The monoisotopic (exact) mass is 430 g/mol. The molecule has 0 radical (unpaired) electrons. The van der Waals surface area contributed by atoms with Gasteiger partial charge in [0.15, 0.2) is 11.6 Å². The standard InChI is InChI=1S/C26H26F4O/c1-2-5-19-8-13-22(14-9-19)23-15-10-20(11-16-23)6-3-4-7-21-12-17-25(24(27)18-21)31-26(28,29)30/h3,6,8-9,12-14,17-18,20,23H,2,5,10-11,15-16H2,1H3/b6-3+/t20-,23-. The summed E-state index contributed by atoms with van der Waals surface area (Å²) in [5.74, 6) is 4.72. The Morgan fingerprint density at radius 1 is 1.03 bits per heavy atom. The molecule has 5 heteroatoms. The molecule has 31 heavy (non-hydrogen) atoms. The second-order valence-electron chi connectivity index (χ2n) is 7.92. The van der Waals surface area contributed by atoms with Crippen molar-refractivity contribution in [2.24, 2.45) is 5.92 Å². The van der Waals surface area contributed by atoms with Gasteiger partial charge in [0.2, 0.25) is 0 Å². The van der Waals surface area contributed by atoms with E-state index in [1.807, 2.05) is 0 Å². The van der Waals surface area contributed by atoms with Gasteiger partial charge >= 0.3 is 6.36 Å². The van der Waals surface area contributed by atoms with E-state index in [1.165, 1.54) is 17.2 Å². The molecule has 2 aromatic rings. The summed E-state index contributed by atoms with van der Waals surface area (Å²) in [6, 6.07) is 12.2. The summed E-state index contributed by atoms with van der Waals surface area (Å²) in [6.45, 7) is 2.19. The minimum atomic E-state index is -4.92. The Labute approximate surface area is 181 Å². The molecule has 0 aromatic heterocycles. The number of rotatable bonds is 5. The Balaban J connectivity index is 1.50. The van der Waals surface area contributed by atoms with Gasteiger partial charge in [0.1, 0.15) is 0 Å². The fourth-order valence-electron chi connectivity index (χ4n) is 3.99. The van der Waals surface area contributed by atoms with Crippen LogP contribution in [-0.2, 0) is 6.42 Å². The molecule has 1 nitrogen and oxygen atoms in total. The van der Waals surface area contributed by atoms with Crippen molar-refractivity contribution in [1.29, 1.82) is 0 Å². The van der Waals surface area contributed by atoms with Gasteiger partial charge in [0, 0.05) is 5.56 Å². The lowest BCUT2D eigenvalue weighted by atomic mass is 9.78. The van der Waals surface area contributed by atoms with E-state index in [1.54, 1.807) is 6.08 Å². The maximum Gasteiger partial charge on any atom is 0.573 e. The second kappa shape index (κ2) is 10.5. The smallest absolute Gasteiger partial charge is 0.403 e. The maximum absolute atomic E-state index is 13.7. The van der Waals surface area contributed by atoms with Crippen LogP contribution in [0.15, 0.2) is 54.6 Å². The lowest BCUT2D eigenvalue weighted by Crippen LogP contribution is -2.17.